The van der Waals surface area contributed by atoms with Crippen molar-refractivity contribution < 1.29 is 14.6 Å². The van der Waals surface area contributed by atoms with Gasteiger partial charge in [0, 0.05) is 17.7 Å². The normalized spacial score (nSPS) is 19.9. The summed E-state index contributed by atoms with van der Waals surface area (Å²) in [5, 5.41) is 17.4. The molecule has 1 aliphatic heterocycles. The number of ether oxygens (including phenoxy) is 1. The predicted octanol–water partition coefficient (Wildman–Crippen LogP) is 6.00. The predicted molar refractivity (Wildman–Crippen MR) is 123 cm³/mol. The highest BCUT2D eigenvalue weighted by atomic mass is 79.9. The van der Waals surface area contributed by atoms with Gasteiger partial charge in [-0.25, -0.2) is 0 Å². The molecule has 0 amide bonds. The van der Waals surface area contributed by atoms with Crippen LogP contribution in [0.4, 0.5) is 11.4 Å². The minimum Gasteiger partial charge on any atom is -0.503 e. The number of carbonyl (C=O) groups is 1. The number of rotatable bonds is 2. The van der Waals surface area contributed by atoms with Gasteiger partial charge in [0.05, 0.1) is 29.0 Å². The molecule has 0 aromatic heterocycles. The van der Waals surface area contributed by atoms with E-state index in [1.165, 1.54) is 18.2 Å². The number of anilines is 2. The Morgan fingerprint density at radius 1 is 1.10 bits per heavy atom. The lowest BCUT2D eigenvalue weighted by Gasteiger charge is -2.34. The molecule has 2 aromatic carbocycles. The highest BCUT2D eigenvalue weighted by molar-refractivity contribution is 9.10. The number of aryl methyl sites for hydroxylation is 2. The van der Waals surface area contributed by atoms with E-state index in [1.807, 2.05) is 6.07 Å². The molecule has 6 heteroatoms. The molecular weight excluding hydrogens is 444 g/mol. The first kappa shape index (κ1) is 20.8. The van der Waals surface area contributed by atoms with Crippen molar-refractivity contribution in [2.24, 2.45) is 5.41 Å². The second-order valence-corrected chi connectivity index (χ2v) is 9.93. The van der Waals surface area contributed by atoms with Gasteiger partial charge in [0.15, 0.2) is 17.3 Å². The van der Waals surface area contributed by atoms with Crippen molar-refractivity contribution in [3.8, 4) is 11.5 Å². The average Bonchev–Trinajstić information content (AvgIpc) is 2.80. The van der Waals surface area contributed by atoms with Crippen LogP contribution < -0.4 is 15.4 Å². The fourth-order valence-corrected chi connectivity index (χ4v) is 4.84. The van der Waals surface area contributed by atoms with E-state index >= 15 is 0 Å². The summed E-state index contributed by atoms with van der Waals surface area (Å²) in [6.07, 6.45) is 1.28. The zero-order chi connectivity index (χ0) is 21.8. The zero-order valence-electron chi connectivity index (χ0n) is 17.9. The van der Waals surface area contributed by atoms with Crippen LogP contribution in [0.25, 0.3) is 0 Å². The number of hydrogen-bond acceptors (Lipinski definition) is 5. The Morgan fingerprint density at radius 3 is 2.43 bits per heavy atom. The van der Waals surface area contributed by atoms with Crippen molar-refractivity contribution in [1.29, 1.82) is 0 Å². The second-order valence-electron chi connectivity index (χ2n) is 9.07. The molecule has 0 saturated heterocycles. The number of phenols is 1. The first-order valence-corrected chi connectivity index (χ1v) is 10.9. The van der Waals surface area contributed by atoms with Gasteiger partial charge in [0.25, 0.3) is 0 Å². The largest absolute Gasteiger partial charge is 0.503 e. The number of carbonyl (C=O) groups excluding carboxylic acids is 1. The van der Waals surface area contributed by atoms with Gasteiger partial charge in [0.2, 0.25) is 0 Å². The van der Waals surface area contributed by atoms with E-state index < -0.39 is 0 Å². The van der Waals surface area contributed by atoms with Gasteiger partial charge in [-0.2, -0.15) is 0 Å². The molecule has 1 unspecified atom stereocenters. The van der Waals surface area contributed by atoms with Gasteiger partial charge in [0.1, 0.15) is 0 Å². The van der Waals surface area contributed by atoms with E-state index in [2.05, 4.69) is 66.4 Å². The lowest BCUT2D eigenvalue weighted by atomic mass is 9.73. The number of methoxy groups -OCH3 is 1. The molecule has 1 atom stereocenters. The fourth-order valence-electron chi connectivity index (χ4n) is 4.38. The summed E-state index contributed by atoms with van der Waals surface area (Å²) in [6.45, 7) is 8.43. The Hall–Kier alpha value is -2.47. The van der Waals surface area contributed by atoms with Crippen LogP contribution in [0.2, 0.25) is 0 Å². The maximum atomic E-state index is 13.3. The smallest absolute Gasteiger partial charge is 0.172 e. The molecule has 0 spiro atoms. The maximum Gasteiger partial charge on any atom is 0.172 e. The molecule has 0 saturated carbocycles. The number of aromatic hydroxyl groups is 1. The maximum absolute atomic E-state index is 13.3. The fraction of sp³-hybridized carbons (Fsp3) is 0.375. The monoisotopic (exact) mass is 470 g/mol. The van der Waals surface area contributed by atoms with Crippen molar-refractivity contribution in [3.05, 3.63) is 56.7 Å². The Balaban J connectivity index is 1.94. The van der Waals surface area contributed by atoms with Crippen LogP contribution in [0.1, 0.15) is 49.4 Å². The topological polar surface area (TPSA) is 70.6 Å². The van der Waals surface area contributed by atoms with Gasteiger partial charge in [-0.05, 0) is 82.6 Å². The number of Topliss-reactive ketones (excluding diaryl/α,β-unsaturated/α-hetero) is 1. The van der Waals surface area contributed by atoms with Gasteiger partial charge in [-0.15, -0.1) is 0 Å². The summed E-state index contributed by atoms with van der Waals surface area (Å²) < 4.78 is 5.89. The summed E-state index contributed by atoms with van der Waals surface area (Å²) in [5.74, 6) is 0.547. The van der Waals surface area contributed by atoms with Crippen molar-refractivity contribution in [2.75, 3.05) is 17.7 Å². The van der Waals surface area contributed by atoms with Crippen LogP contribution in [0.5, 0.6) is 11.5 Å². The molecule has 0 radical (unpaired) electrons. The lowest BCUT2D eigenvalue weighted by Crippen LogP contribution is -2.31. The van der Waals surface area contributed by atoms with Crippen LogP contribution in [-0.4, -0.2) is 18.0 Å². The van der Waals surface area contributed by atoms with Crippen molar-refractivity contribution in [1.82, 2.24) is 0 Å². The zero-order valence-corrected chi connectivity index (χ0v) is 19.5. The number of phenolic OH excluding ortho intramolecular Hbond substituents is 1. The third-order valence-corrected chi connectivity index (χ3v) is 6.64. The molecule has 2 aromatic rings. The molecule has 0 fully saturated rings. The van der Waals surface area contributed by atoms with E-state index in [0.717, 1.165) is 34.6 Å². The number of fused-ring (bicyclic) bond motifs is 1. The Morgan fingerprint density at radius 2 is 1.77 bits per heavy atom. The van der Waals surface area contributed by atoms with E-state index in [0.29, 0.717) is 16.6 Å². The number of nitrogens with one attached hydrogen (secondary N) is 2. The summed E-state index contributed by atoms with van der Waals surface area (Å²) >= 11 is 3.42. The number of allylic oxidation sites excluding steroid dienone is 1. The van der Waals surface area contributed by atoms with E-state index in [-0.39, 0.29) is 23.0 Å². The minimum absolute atomic E-state index is 0.0465. The van der Waals surface area contributed by atoms with Crippen LogP contribution in [0, 0.1) is 19.3 Å². The molecule has 30 heavy (non-hydrogen) atoms. The molecule has 3 N–H and O–H groups in total. The summed E-state index contributed by atoms with van der Waals surface area (Å²) in [6, 6.07) is 7.53. The second kappa shape index (κ2) is 7.34. The van der Waals surface area contributed by atoms with Crippen LogP contribution >= 0.6 is 15.9 Å². The standard InChI is InChI=1S/C24H27BrN2O3/c1-12-6-16-17(7-13(12)2)27-22(14-8-15(25)23(29)20(9-14)30-5)21-18(26-16)10-24(3,4)11-19(21)28/h6-9,22,26-27,29H,10-11H2,1-5H3. The quantitative estimate of drug-likeness (QED) is 0.501. The molecule has 4 rings (SSSR count). The first-order chi connectivity index (χ1) is 14.1. The van der Waals surface area contributed by atoms with Crippen molar-refractivity contribution in [2.45, 2.75) is 46.6 Å². The number of halogens is 1. The summed E-state index contributed by atoms with van der Waals surface area (Å²) in [5.41, 5.74) is 6.75. The highest BCUT2D eigenvalue weighted by Crippen LogP contribution is 2.47. The SMILES string of the molecule is COc1cc(C2Nc3cc(C)c(C)cc3NC3=C2C(=O)CC(C)(C)C3)cc(Br)c1O. The lowest BCUT2D eigenvalue weighted by molar-refractivity contribution is -0.118. The Bertz CT molecular complexity index is 1090. The minimum atomic E-state index is -0.356. The van der Waals surface area contributed by atoms with Crippen LogP contribution in [0.3, 0.4) is 0 Å². The molecule has 1 aliphatic carbocycles. The van der Waals surface area contributed by atoms with Crippen LogP contribution in [-0.2, 0) is 4.79 Å². The van der Waals surface area contributed by atoms with Crippen LogP contribution in [0.15, 0.2) is 40.0 Å². The molecule has 158 valence electrons. The van der Waals surface area contributed by atoms with Gasteiger partial charge in [-0.1, -0.05) is 13.8 Å². The highest BCUT2D eigenvalue weighted by Gasteiger charge is 2.39. The number of benzene rings is 2. The van der Waals surface area contributed by atoms with Crippen molar-refractivity contribution >= 4 is 33.1 Å². The van der Waals surface area contributed by atoms with E-state index in [4.69, 9.17) is 4.74 Å². The van der Waals surface area contributed by atoms with Gasteiger partial charge < -0.3 is 20.5 Å². The van der Waals surface area contributed by atoms with Gasteiger partial charge >= 0.3 is 0 Å². The Labute approximate surface area is 185 Å². The summed E-state index contributed by atoms with van der Waals surface area (Å²) in [7, 11) is 1.52. The number of ketones is 1. The molecule has 2 aliphatic rings. The molecule has 5 nitrogen and oxygen atoms in total. The Kier molecular flexibility index (Phi) is 5.09. The molecule has 0 bridgehead atoms. The van der Waals surface area contributed by atoms with Gasteiger partial charge in [-0.3, -0.25) is 4.79 Å². The molecule has 1 heterocycles. The number of hydrogen-bond donors (Lipinski definition) is 3. The third-order valence-electron chi connectivity index (χ3n) is 6.03. The van der Waals surface area contributed by atoms with E-state index in [9.17, 15) is 9.90 Å². The third kappa shape index (κ3) is 3.58. The first-order valence-electron chi connectivity index (χ1n) is 10.1. The average molecular weight is 471 g/mol. The summed E-state index contributed by atoms with van der Waals surface area (Å²) in [4.78, 5) is 13.3. The molecular formula is C24H27BrN2O3. The van der Waals surface area contributed by atoms with Crippen molar-refractivity contribution in [3.63, 3.8) is 0 Å². The van der Waals surface area contributed by atoms with E-state index in [1.54, 1.807) is 6.07 Å².